The molecule has 0 unspecified atom stereocenters. The Bertz CT molecular complexity index is 1190. The molecule has 2 aliphatic carbocycles. The minimum atomic E-state index is -0.587. The number of Topliss-reactive ketones (excluding diaryl/α,β-unsaturated/α-hetero) is 1. The monoisotopic (exact) mass is 400 g/mol. The smallest absolute Gasteiger partial charge is 0.338 e. The Hall–Kier alpha value is -3.47. The molecule has 0 N–H and O–H groups in total. The molecule has 30 heavy (non-hydrogen) atoms. The molecule has 0 amide bonds. The highest BCUT2D eigenvalue weighted by atomic mass is 16.5. The van der Waals surface area contributed by atoms with Gasteiger partial charge in [0.1, 0.15) is 0 Å². The van der Waals surface area contributed by atoms with Gasteiger partial charge in [-0.1, -0.05) is 36.4 Å². The van der Waals surface area contributed by atoms with Crippen LogP contribution >= 0.6 is 0 Å². The second-order valence-electron chi connectivity index (χ2n) is 8.15. The van der Waals surface area contributed by atoms with Crippen LogP contribution in [-0.2, 0) is 28.7 Å². The second-order valence-corrected chi connectivity index (χ2v) is 8.15. The van der Waals surface area contributed by atoms with Gasteiger partial charge < -0.3 is 9.47 Å². The van der Waals surface area contributed by atoms with E-state index in [0.717, 1.165) is 39.4 Å². The van der Waals surface area contributed by atoms with Crippen LogP contribution in [0.5, 0.6) is 0 Å². The number of fused-ring (bicyclic) bond motifs is 3. The number of methoxy groups -OCH3 is 2. The summed E-state index contributed by atoms with van der Waals surface area (Å²) >= 11 is 0. The number of ketones is 1. The van der Waals surface area contributed by atoms with Crippen LogP contribution in [0.25, 0.3) is 10.8 Å². The number of carbonyl (C=O) groups is 3. The Balaban J connectivity index is 1.61. The van der Waals surface area contributed by atoms with Gasteiger partial charge in [-0.25, -0.2) is 9.59 Å². The normalized spacial score (nSPS) is 15.9. The molecule has 0 heterocycles. The first-order valence-corrected chi connectivity index (χ1v) is 9.85. The van der Waals surface area contributed by atoms with Crippen LogP contribution in [0.1, 0.15) is 47.8 Å². The molecule has 0 atom stereocenters. The number of benzene rings is 3. The van der Waals surface area contributed by atoms with E-state index in [2.05, 4.69) is 0 Å². The number of rotatable bonds is 2. The Morgan fingerprint density at radius 1 is 0.767 bits per heavy atom. The standard InChI is InChI=1S/C25H20O5/c1-29-23(27)20-9-15-7-17-12-25(11-14-5-3-4-6-19(14)22(25)26)13-18(17)8-16(15)10-21(20)24(28)30-2/h3-10H,11-13H2,1-2H3. The van der Waals surface area contributed by atoms with E-state index in [1.807, 2.05) is 36.4 Å². The Morgan fingerprint density at radius 3 is 1.77 bits per heavy atom. The van der Waals surface area contributed by atoms with Crippen molar-refractivity contribution in [3.05, 3.63) is 81.9 Å². The maximum Gasteiger partial charge on any atom is 0.338 e. The van der Waals surface area contributed by atoms with Crippen molar-refractivity contribution in [2.45, 2.75) is 19.3 Å². The molecule has 3 aromatic carbocycles. The van der Waals surface area contributed by atoms with Crippen LogP contribution in [0.4, 0.5) is 0 Å². The average molecular weight is 400 g/mol. The maximum absolute atomic E-state index is 13.2. The molecule has 0 fully saturated rings. The van der Waals surface area contributed by atoms with E-state index in [0.29, 0.717) is 12.8 Å². The first-order chi connectivity index (χ1) is 14.5. The summed E-state index contributed by atoms with van der Waals surface area (Å²) in [6, 6.07) is 15.2. The van der Waals surface area contributed by atoms with E-state index in [1.165, 1.54) is 14.2 Å². The van der Waals surface area contributed by atoms with Crippen molar-refractivity contribution in [3.8, 4) is 0 Å². The molecule has 5 nitrogen and oxygen atoms in total. The van der Waals surface area contributed by atoms with Crippen molar-refractivity contribution in [1.82, 2.24) is 0 Å². The van der Waals surface area contributed by atoms with E-state index in [4.69, 9.17) is 9.47 Å². The van der Waals surface area contributed by atoms with Crippen molar-refractivity contribution in [2.75, 3.05) is 14.2 Å². The lowest BCUT2D eigenvalue weighted by Crippen LogP contribution is -2.28. The van der Waals surface area contributed by atoms with Gasteiger partial charge in [-0.2, -0.15) is 0 Å². The maximum atomic E-state index is 13.2. The summed E-state index contributed by atoms with van der Waals surface area (Å²) in [4.78, 5) is 37.7. The third-order valence-corrected chi connectivity index (χ3v) is 6.44. The minimum Gasteiger partial charge on any atom is -0.465 e. The van der Waals surface area contributed by atoms with Gasteiger partial charge in [0.05, 0.1) is 25.3 Å². The highest BCUT2D eigenvalue weighted by molar-refractivity contribution is 6.08. The summed E-state index contributed by atoms with van der Waals surface area (Å²) in [6.45, 7) is 0. The van der Waals surface area contributed by atoms with Crippen LogP contribution in [0.2, 0.25) is 0 Å². The zero-order valence-electron chi connectivity index (χ0n) is 16.8. The summed E-state index contributed by atoms with van der Waals surface area (Å²) in [6.07, 6.45) is 2.10. The Kier molecular flexibility index (Phi) is 4.03. The van der Waals surface area contributed by atoms with E-state index >= 15 is 0 Å². The molecule has 0 bridgehead atoms. The Labute approximate surface area is 173 Å². The minimum absolute atomic E-state index is 0.175. The third kappa shape index (κ3) is 2.58. The van der Waals surface area contributed by atoms with E-state index in [9.17, 15) is 14.4 Å². The summed E-state index contributed by atoms with van der Waals surface area (Å²) in [7, 11) is 2.56. The van der Waals surface area contributed by atoms with Crippen molar-refractivity contribution in [2.24, 2.45) is 5.41 Å². The molecular formula is C25H20O5. The van der Waals surface area contributed by atoms with Crippen LogP contribution < -0.4 is 0 Å². The summed E-state index contributed by atoms with van der Waals surface area (Å²) in [5.74, 6) is -0.963. The van der Waals surface area contributed by atoms with E-state index in [-0.39, 0.29) is 16.9 Å². The molecule has 0 aliphatic heterocycles. The first-order valence-electron chi connectivity index (χ1n) is 9.85. The SMILES string of the molecule is COC(=O)c1cc2cc3c(cc2cc1C(=O)OC)CC1(C3)Cc2ccccc2C1=O. The molecule has 2 aliphatic rings. The highest BCUT2D eigenvalue weighted by Crippen LogP contribution is 2.48. The Morgan fingerprint density at radius 2 is 1.27 bits per heavy atom. The lowest BCUT2D eigenvalue weighted by atomic mass is 9.81. The fourth-order valence-electron chi connectivity index (χ4n) is 5.03. The molecular weight excluding hydrogens is 380 g/mol. The molecule has 5 rings (SSSR count). The van der Waals surface area contributed by atoms with Crippen LogP contribution in [0.15, 0.2) is 48.5 Å². The molecule has 150 valence electrons. The van der Waals surface area contributed by atoms with E-state index < -0.39 is 17.4 Å². The number of hydrogen-bond donors (Lipinski definition) is 0. The van der Waals surface area contributed by atoms with Crippen molar-refractivity contribution in [1.29, 1.82) is 0 Å². The van der Waals surface area contributed by atoms with Crippen molar-refractivity contribution >= 4 is 28.5 Å². The van der Waals surface area contributed by atoms with Crippen LogP contribution in [-0.4, -0.2) is 31.9 Å². The number of hydrogen-bond acceptors (Lipinski definition) is 5. The third-order valence-electron chi connectivity index (χ3n) is 6.44. The lowest BCUT2D eigenvalue weighted by molar-refractivity contribution is 0.0555. The topological polar surface area (TPSA) is 69.7 Å². The summed E-state index contributed by atoms with van der Waals surface area (Å²) in [5, 5.41) is 1.67. The molecule has 0 aromatic heterocycles. The highest BCUT2D eigenvalue weighted by Gasteiger charge is 2.48. The van der Waals surface area contributed by atoms with Gasteiger partial charge in [-0.15, -0.1) is 0 Å². The zero-order chi connectivity index (χ0) is 21.0. The molecule has 0 radical (unpaired) electrons. The second kappa shape index (κ2) is 6.52. The lowest BCUT2D eigenvalue weighted by Gasteiger charge is -2.20. The predicted molar refractivity (Wildman–Crippen MR) is 111 cm³/mol. The van der Waals surface area contributed by atoms with Crippen LogP contribution in [0.3, 0.4) is 0 Å². The summed E-state index contributed by atoms with van der Waals surface area (Å²) in [5.41, 5.74) is 4.09. The van der Waals surface area contributed by atoms with Crippen LogP contribution in [0, 0.1) is 5.41 Å². The van der Waals surface area contributed by atoms with E-state index in [1.54, 1.807) is 12.1 Å². The quantitative estimate of drug-likeness (QED) is 0.610. The van der Waals surface area contributed by atoms with Gasteiger partial charge in [0.25, 0.3) is 0 Å². The van der Waals surface area contributed by atoms with Crippen molar-refractivity contribution in [3.63, 3.8) is 0 Å². The van der Waals surface area contributed by atoms with Crippen molar-refractivity contribution < 1.29 is 23.9 Å². The van der Waals surface area contributed by atoms with Gasteiger partial charge in [0, 0.05) is 11.0 Å². The molecule has 3 aromatic rings. The fourth-order valence-corrected chi connectivity index (χ4v) is 5.03. The van der Waals surface area contributed by atoms with Gasteiger partial charge in [-0.3, -0.25) is 4.79 Å². The largest absolute Gasteiger partial charge is 0.465 e. The molecule has 5 heteroatoms. The number of ether oxygens (including phenoxy) is 2. The molecule has 0 saturated heterocycles. The van der Waals surface area contributed by atoms with Gasteiger partial charge in [-0.05, 0) is 58.9 Å². The van der Waals surface area contributed by atoms with Gasteiger partial charge >= 0.3 is 11.9 Å². The molecule has 0 saturated carbocycles. The van der Waals surface area contributed by atoms with Gasteiger partial charge in [0.2, 0.25) is 0 Å². The number of carbonyl (C=O) groups excluding carboxylic acids is 3. The predicted octanol–water partition coefficient (Wildman–Crippen LogP) is 3.94. The average Bonchev–Trinajstić information content (AvgIpc) is 3.25. The molecule has 1 spiro atoms. The fraction of sp³-hybridized carbons (Fsp3) is 0.240. The number of esters is 2. The zero-order valence-corrected chi connectivity index (χ0v) is 16.8. The first kappa shape index (κ1) is 18.6. The van der Waals surface area contributed by atoms with Gasteiger partial charge in [0.15, 0.2) is 5.78 Å². The summed E-state index contributed by atoms with van der Waals surface area (Å²) < 4.78 is 9.70.